The largest absolute Gasteiger partial charge is 0.250 e. The van der Waals surface area contributed by atoms with Gasteiger partial charge < -0.3 is 0 Å². The molecule has 1 aromatic rings. The van der Waals surface area contributed by atoms with Crippen LogP contribution in [0.4, 0.5) is 0 Å². The molecule has 1 heterocycles. The van der Waals surface area contributed by atoms with Crippen LogP contribution in [0.3, 0.4) is 0 Å². The van der Waals surface area contributed by atoms with Gasteiger partial charge in [0.25, 0.3) is 0 Å². The summed E-state index contributed by atoms with van der Waals surface area (Å²) >= 11 is 0. The van der Waals surface area contributed by atoms with Gasteiger partial charge in [-0.15, -0.1) is 0 Å². The van der Waals surface area contributed by atoms with Crippen molar-refractivity contribution < 1.29 is 0 Å². The third-order valence-electron chi connectivity index (χ3n) is 5.42. The third kappa shape index (κ3) is 12.2. The smallest absolute Gasteiger partial charge is 0.137 e. The van der Waals surface area contributed by atoms with Crippen molar-refractivity contribution in [2.45, 2.75) is 129 Å². The Labute approximate surface area is 157 Å². The van der Waals surface area contributed by atoms with E-state index in [0.717, 1.165) is 6.42 Å². The predicted octanol–water partition coefficient (Wildman–Crippen LogP) is 7.49. The summed E-state index contributed by atoms with van der Waals surface area (Å²) in [7, 11) is 0. The Kier molecular flexibility index (Phi) is 14.7. The molecule has 1 unspecified atom stereocenters. The Morgan fingerprint density at radius 2 is 1.16 bits per heavy atom. The first-order valence-electron chi connectivity index (χ1n) is 11.2. The van der Waals surface area contributed by atoms with Crippen LogP contribution >= 0.6 is 0 Å². The second-order valence-electron chi connectivity index (χ2n) is 7.68. The van der Waals surface area contributed by atoms with Crippen molar-refractivity contribution in [3.8, 4) is 0 Å². The molecule has 146 valence electrons. The maximum Gasteiger partial charge on any atom is 0.137 e. The fourth-order valence-corrected chi connectivity index (χ4v) is 3.68. The first kappa shape index (κ1) is 22.2. The summed E-state index contributed by atoms with van der Waals surface area (Å²) in [6.07, 6.45) is 27.4. The van der Waals surface area contributed by atoms with Crippen molar-refractivity contribution >= 4 is 0 Å². The van der Waals surface area contributed by atoms with E-state index in [9.17, 15) is 0 Å². The quantitative estimate of drug-likeness (QED) is 0.257. The normalized spacial score (nSPS) is 12.6. The summed E-state index contributed by atoms with van der Waals surface area (Å²) in [4.78, 5) is 4.06. The van der Waals surface area contributed by atoms with Crippen molar-refractivity contribution in [1.82, 2.24) is 14.8 Å². The fourth-order valence-electron chi connectivity index (χ4n) is 3.68. The highest BCUT2D eigenvalue weighted by molar-refractivity contribution is 4.67. The van der Waals surface area contributed by atoms with Crippen molar-refractivity contribution in [3.05, 3.63) is 12.7 Å². The van der Waals surface area contributed by atoms with E-state index in [1.54, 1.807) is 6.33 Å². The molecule has 0 aliphatic heterocycles. The Morgan fingerprint density at radius 3 is 1.56 bits per heavy atom. The van der Waals surface area contributed by atoms with Crippen molar-refractivity contribution in [1.29, 1.82) is 0 Å². The van der Waals surface area contributed by atoms with E-state index in [1.165, 1.54) is 103 Å². The molecule has 1 aromatic heterocycles. The second-order valence-corrected chi connectivity index (χ2v) is 7.68. The molecule has 0 spiro atoms. The predicted molar refractivity (Wildman–Crippen MR) is 109 cm³/mol. The van der Waals surface area contributed by atoms with Crippen LogP contribution in [0.25, 0.3) is 0 Å². The highest BCUT2D eigenvalue weighted by Gasteiger charge is 2.08. The molecule has 0 saturated carbocycles. The van der Waals surface area contributed by atoms with E-state index in [2.05, 4.69) is 23.9 Å². The Morgan fingerprint density at radius 1 is 0.680 bits per heavy atom. The zero-order valence-corrected chi connectivity index (χ0v) is 17.1. The minimum absolute atomic E-state index is 0.546. The zero-order chi connectivity index (χ0) is 18.0. The minimum Gasteiger partial charge on any atom is -0.250 e. The monoisotopic (exact) mass is 349 g/mol. The van der Waals surface area contributed by atoms with Crippen LogP contribution in [0.2, 0.25) is 0 Å². The maximum absolute atomic E-state index is 4.28. The van der Waals surface area contributed by atoms with Crippen LogP contribution in [0.15, 0.2) is 12.7 Å². The van der Waals surface area contributed by atoms with Gasteiger partial charge in [0.2, 0.25) is 0 Å². The number of unbranched alkanes of at least 4 members (excludes halogenated alkanes) is 14. The molecule has 0 N–H and O–H groups in total. The summed E-state index contributed by atoms with van der Waals surface area (Å²) < 4.78 is 2.03. The first-order chi connectivity index (χ1) is 12.4. The Balaban J connectivity index is 1.79. The highest BCUT2D eigenvalue weighted by atomic mass is 15.3. The average Bonchev–Trinajstić information content (AvgIpc) is 3.16. The lowest BCUT2D eigenvalue weighted by atomic mass is 10.0. The molecule has 0 aliphatic carbocycles. The molecule has 0 fully saturated rings. The van der Waals surface area contributed by atoms with E-state index in [-0.39, 0.29) is 0 Å². The average molecular weight is 350 g/mol. The summed E-state index contributed by atoms with van der Waals surface area (Å²) in [5.74, 6) is 0. The molecule has 0 aromatic carbocycles. The lowest BCUT2D eigenvalue weighted by Crippen LogP contribution is -2.08. The van der Waals surface area contributed by atoms with Crippen LogP contribution in [0.5, 0.6) is 0 Å². The van der Waals surface area contributed by atoms with Crippen LogP contribution < -0.4 is 0 Å². The van der Waals surface area contributed by atoms with E-state index < -0.39 is 0 Å². The summed E-state index contributed by atoms with van der Waals surface area (Å²) in [6.45, 7) is 4.54. The molecule has 3 heteroatoms. The van der Waals surface area contributed by atoms with Gasteiger partial charge in [-0.1, -0.05) is 110 Å². The van der Waals surface area contributed by atoms with Crippen LogP contribution in [-0.4, -0.2) is 14.8 Å². The molecule has 25 heavy (non-hydrogen) atoms. The maximum atomic E-state index is 4.28. The number of aromatic nitrogens is 3. The van der Waals surface area contributed by atoms with Gasteiger partial charge in [0.1, 0.15) is 12.7 Å². The highest BCUT2D eigenvalue weighted by Crippen LogP contribution is 2.19. The molecular formula is C22H43N3. The third-order valence-corrected chi connectivity index (χ3v) is 5.42. The molecule has 0 radical (unpaired) electrons. The second kappa shape index (κ2) is 16.6. The van der Waals surface area contributed by atoms with Gasteiger partial charge in [0, 0.05) is 0 Å². The number of hydrogen-bond donors (Lipinski definition) is 0. The minimum atomic E-state index is 0.546. The van der Waals surface area contributed by atoms with Gasteiger partial charge in [-0.05, 0) is 12.8 Å². The number of hydrogen-bond acceptors (Lipinski definition) is 2. The SMILES string of the molecule is CCCCCCCCCCCCCCCCCC(CC)n1cncn1. The van der Waals surface area contributed by atoms with E-state index in [4.69, 9.17) is 0 Å². The molecule has 1 rings (SSSR count). The molecule has 0 bridgehead atoms. The lowest BCUT2D eigenvalue weighted by Gasteiger charge is -2.14. The van der Waals surface area contributed by atoms with E-state index >= 15 is 0 Å². The van der Waals surface area contributed by atoms with Crippen LogP contribution in [0, 0.1) is 0 Å². The lowest BCUT2D eigenvalue weighted by molar-refractivity contribution is 0.392. The summed E-state index contributed by atoms with van der Waals surface area (Å²) in [6, 6.07) is 0.546. The molecular weight excluding hydrogens is 306 g/mol. The van der Waals surface area contributed by atoms with Gasteiger partial charge in [0.05, 0.1) is 6.04 Å². The summed E-state index contributed by atoms with van der Waals surface area (Å²) in [5, 5.41) is 4.28. The van der Waals surface area contributed by atoms with Gasteiger partial charge in [-0.3, -0.25) is 0 Å². The molecule has 0 saturated heterocycles. The van der Waals surface area contributed by atoms with Crippen molar-refractivity contribution in [3.63, 3.8) is 0 Å². The van der Waals surface area contributed by atoms with Crippen molar-refractivity contribution in [2.24, 2.45) is 0 Å². The van der Waals surface area contributed by atoms with E-state index in [1.807, 2.05) is 11.0 Å². The van der Waals surface area contributed by atoms with Gasteiger partial charge >= 0.3 is 0 Å². The van der Waals surface area contributed by atoms with Crippen LogP contribution in [-0.2, 0) is 0 Å². The molecule has 1 atom stereocenters. The zero-order valence-electron chi connectivity index (χ0n) is 17.1. The first-order valence-corrected chi connectivity index (χ1v) is 11.2. The topological polar surface area (TPSA) is 30.7 Å². The van der Waals surface area contributed by atoms with E-state index in [0.29, 0.717) is 6.04 Å². The molecule has 3 nitrogen and oxygen atoms in total. The van der Waals surface area contributed by atoms with Gasteiger partial charge in [-0.2, -0.15) is 5.10 Å². The molecule has 0 aliphatic rings. The standard InChI is InChI=1S/C22H43N3/c1-3-5-6-7-8-9-10-11-12-13-14-15-16-17-18-19-22(4-2)25-21-23-20-24-25/h20-22H,3-19H2,1-2H3. The Bertz CT molecular complexity index is 361. The number of rotatable bonds is 18. The molecule has 0 amide bonds. The van der Waals surface area contributed by atoms with Gasteiger partial charge in [-0.25, -0.2) is 9.67 Å². The number of nitrogens with zero attached hydrogens (tertiary/aromatic N) is 3. The van der Waals surface area contributed by atoms with Crippen molar-refractivity contribution in [2.75, 3.05) is 0 Å². The Hall–Kier alpha value is -0.860. The fraction of sp³-hybridized carbons (Fsp3) is 0.909. The van der Waals surface area contributed by atoms with Gasteiger partial charge in [0.15, 0.2) is 0 Å². The van der Waals surface area contributed by atoms with Crippen LogP contribution in [0.1, 0.15) is 129 Å². The summed E-state index contributed by atoms with van der Waals surface area (Å²) in [5.41, 5.74) is 0.